The third kappa shape index (κ3) is 8.24. The topological polar surface area (TPSA) is 27.7 Å². The van der Waals surface area contributed by atoms with Crippen LogP contribution in [0.1, 0.15) is 48.5 Å². The van der Waals surface area contributed by atoms with Crippen LogP contribution in [-0.2, 0) is 13.3 Å². The smallest absolute Gasteiger partial charge is 0.373 e. The summed E-state index contributed by atoms with van der Waals surface area (Å²) in [4.78, 5) is 0. The zero-order chi connectivity index (χ0) is 14.2. The Morgan fingerprint density at radius 2 is 0.944 bits per heavy atom. The molecular formula is C14H32O3Si. The maximum Gasteiger partial charge on any atom is 0.500 e. The van der Waals surface area contributed by atoms with E-state index in [1.807, 2.05) is 0 Å². The fraction of sp³-hybridized carbons (Fsp3) is 1.00. The Morgan fingerprint density at radius 3 is 1.11 bits per heavy atom. The molecule has 18 heavy (non-hydrogen) atoms. The van der Waals surface area contributed by atoms with Crippen molar-refractivity contribution in [3.63, 3.8) is 0 Å². The molecule has 0 unspecified atom stereocenters. The molecule has 0 aromatic heterocycles. The molecule has 0 atom stereocenters. The molecule has 4 heteroatoms. The highest BCUT2D eigenvalue weighted by molar-refractivity contribution is 6.60. The van der Waals surface area contributed by atoms with Gasteiger partial charge in [-0.05, 0) is 17.8 Å². The lowest BCUT2D eigenvalue weighted by Crippen LogP contribution is -2.47. The van der Waals surface area contributed by atoms with E-state index in [-0.39, 0.29) is 0 Å². The minimum atomic E-state index is -2.46. The van der Waals surface area contributed by atoms with E-state index in [0.29, 0.717) is 17.8 Å². The molecule has 0 aliphatic heterocycles. The molecule has 0 radical (unpaired) electrons. The summed E-state index contributed by atoms with van der Waals surface area (Å²) in [6, 6.07) is 0.846. The summed E-state index contributed by atoms with van der Waals surface area (Å²) in [5.74, 6) is 1.52. The van der Waals surface area contributed by atoms with Crippen molar-refractivity contribution in [3.05, 3.63) is 0 Å². The Kier molecular flexibility index (Phi) is 9.12. The average molecular weight is 276 g/mol. The van der Waals surface area contributed by atoms with Gasteiger partial charge in [0, 0.05) is 25.9 Å². The van der Waals surface area contributed by atoms with Gasteiger partial charge in [-0.1, -0.05) is 48.5 Å². The highest BCUT2D eigenvalue weighted by Crippen LogP contribution is 2.19. The van der Waals surface area contributed by atoms with E-state index in [1.165, 1.54) is 0 Å². The maximum atomic E-state index is 6.04. The van der Waals surface area contributed by atoms with Crippen molar-refractivity contribution in [3.8, 4) is 0 Å². The van der Waals surface area contributed by atoms with Crippen LogP contribution in [-0.4, -0.2) is 28.6 Å². The molecule has 0 bridgehead atoms. The number of hydrogen-bond acceptors (Lipinski definition) is 3. The van der Waals surface area contributed by atoms with Gasteiger partial charge >= 0.3 is 8.80 Å². The highest BCUT2D eigenvalue weighted by atomic mass is 28.4. The van der Waals surface area contributed by atoms with Gasteiger partial charge in [0.05, 0.1) is 0 Å². The fourth-order valence-electron chi connectivity index (χ4n) is 1.31. The summed E-state index contributed by atoms with van der Waals surface area (Å²) >= 11 is 0. The van der Waals surface area contributed by atoms with Crippen LogP contribution in [0.15, 0.2) is 0 Å². The van der Waals surface area contributed by atoms with Gasteiger partial charge in [-0.3, -0.25) is 0 Å². The van der Waals surface area contributed by atoms with Crippen molar-refractivity contribution in [2.45, 2.75) is 54.5 Å². The highest BCUT2D eigenvalue weighted by Gasteiger charge is 2.39. The number of rotatable bonds is 10. The predicted molar refractivity (Wildman–Crippen MR) is 78.6 cm³/mol. The van der Waals surface area contributed by atoms with Crippen LogP contribution in [0.5, 0.6) is 0 Å². The van der Waals surface area contributed by atoms with Crippen molar-refractivity contribution in [2.24, 2.45) is 17.8 Å². The van der Waals surface area contributed by atoms with Crippen molar-refractivity contribution in [1.82, 2.24) is 0 Å². The van der Waals surface area contributed by atoms with Crippen molar-refractivity contribution in [2.75, 3.05) is 19.8 Å². The largest absolute Gasteiger partial charge is 0.500 e. The lowest BCUT2D eigenvalue weighted by molar-refractivity contribution is 0.0378. The minimum Gasteiger partial charge on any atom is -0.373 e. The Hall–Kier alpha value is 0.0969. The normalized spacial score (nSPS) is 13.0. The van der Waals surface area contributed by atoms with Crippen LogP contribution in [0, 0.1) is 17.8 Å². The quantitative estimate of drug-likeness (QED) is 0.565. The predicted octanol–water partition coefficient (Wildman–Crippen LogP) is 3.96. The van der Waals surface area contributed by atoms with E-state index in [2.05, 4.69) is 48.5 Å². The zero-order valence-corrected chi connectivity index (χ0v) is 14.3. The van der Waals surface area contributed by atoms with E-state index in [9.17, 15) is 0 Å². The summed E-state index contributed by atoms with van der Waals surface area (Å²) in [6.07, 6.45) is 0. The molecule has 3 nitrogen and oxygen atoms in total. The van der Waals surface area contributed by atoms with E-state index < -0.39 is 8.80 Å². The fourth-order valence-corrected chi connectivity index (χ4v) is 3.94. The molecule has 0 rings (SSSR count). The second-order valence-corrected chi connectivity index (χ2v) is 9.09. The molecule has 0 aromatic carbocycles. The van der Waals surface area contributed by atoms with Gasteiger partial charge < -0.3 is 13.3 Å². The first kappa shape index (κ1) is 18.1. The van der Waals surface area contributed by atoms with Gasteiger partial charge in [0.1, 0.15) is 0 Å². The summed E-state index contributed by atoms with van der Waals surface area (Å²) in [6.45, 7) is 17.2. The molecule has 0 amide bonds. The van der Waals surface area contributed by atoms with Gasteiger partial charge in [0.2, 0.25) is 0 Å². The van der Waals surface area contributed by atoms with Gasteiger partial charge in [-0.25, -0.2) is 0 Å². The van der Waals surface area contributed by atoms with Crippen LogP contribution < -0.4 is 0 Å². The summed E-state index contributed by atoms with van der Waals surface area (Å²) in [5, 5.41) is 0. The van der Waals surface area contributed by atoms with Crippen LogP contribution in [0.4, 0.5) is 0 Å². The summed E-state index contributed by atoms with van der Waals surface area (Å²) < 4.78 is 18.1. The van der Waals surface area contributed by atoms with Gasteiger partial charge in [0.15, 0.2) is 0 Å². The van der Waals surface area contributed by atoms with Gasteiger partial charge in [-0.15, -0.1) is 0 Å². The molecule has 0 aliphatic rings. The third-order valence-corrected chi connectivity index (χ3v) is 5.03. The van der Waals surface area contributed by atoms with E-state index in [0.717, 1.165) is 25.9 Å². The van der Waals surface area contributed by atoms with Crippen LogP contribution in [0.2, 0.25) is 6.04 Å². The molecule has 0 N–H and O–H groups in total. The van der Waals surface area contributed by atoms with E-state index in [1.54, 1.807) is 0 Å². The van der Waals surface area contributed by atoms with E-state index >= 15 is 0 Å². The lowest BCUT2D eigenvalue weighted by Gasteiger charge is -2.31. The third-order valence-electron chi connectivity index (χ3n) is 2.34. The monoisotopic (exact) mass is 276 g/mol. The van der Waals surface area contributed by atoms with Crippen LogP contribution in [0.25, 0.3) is 0 Å². The Balaban J connectivity index is 4.49. The standard InChI is InChI=1S/C14H32O3Si/c1-8-18(15-9-12(2)3,16-10-13(4)5)17-11-14(6)7/h12-14H,8-11H2,1-7H3. The Labute approximate surface area is 115 Å². The van der Waals surface area contributed by atoms with Crippen LogP contribution >= 0.6 is 0 Å². The van der Waals surface area contributed by atoms with Gasteiger partial charge in [-0.2, -0.15) is 0 Å². The molecule has 0 fully saturated rings. The Morgan fingerprint density at radius 1 is 0.667 bits per heavy atom. The summed E-state index contributed by atoms with van der Waals surface area (Å²) in [7, 11) is -2.46. The first-order chi connectivity index (χ1) is 8.31. The SMILES string of the molecule is CC[Si](OCC(C)C)(OCC(C)C)OCC(C)C. The first-order valence-corrected chi connectivity index (χ1v) is 9.16. The zero-order valence-electron chi connectivity index (χ0n) is 13.3. The second kappa shape index (κ2) is 9.07. The Bertz CT molecular complexity index is 174. The molecule has 0 saturated heterocycles. The summed E-state index contributed by atoms with van der Waals surface area (Å²) in [5.41, 5.74) is 0. The molecule has 0 heterocycles. The van der Waals surface area contributed by atoms with Crippen molar-refractivity contribution >= 4 is 8.80 Å². The molecule has 0 aromatic rings. The molecule has 110 valence electrons. The molecule has 0 aliphatic carbocycles. The van der Waals surface area contributed by atoms with Crippen molar-refractivity contribution < 1.29 is 13.3 Å². The minimum absolute atomic E-state index is 0.508. The molecule has 0 saturated carbocycles. The number of hydrogen-bond donors (Lipinski definition) is 0. The maximum absolute atomic E-state index is 6.04. The first-order valence-electron chi connectivity index (χ1n) is 7.23. The average Bonchev–Trinajstić information content (AvgIpc) is 2.28. The molecule has 0 spiro atoms. The molecular weight excluding hydrogens is 244 g/mol. The lowest BCUT2D eigenvalue weighted by atomic mass is 10.2. The van der Waals surface area contributed by atoms with Crippen LogP contribution in [0.3, 0.4) is 0 Å². The van der Waals surface area contributed by atoms with E-state index in [4.69, 9.17) is 13.3 Å². The van der Waals surface area contributed by atoms with Crippen molar-refractivity contribution in [1.29, 1.82) is 0 Å². The second-order valence-electron chi connectivity index (χ2n) is 6.15. The van der Waals surface area contributed by atoms with Gasteiger partial charge in [0.25, 0.3) is 0 Å².